The molecule has 0 unspecified atom stereocenters. The lowest BCUT2D eigenvalue weighted by Gasteiger charge is -2.25. The van der Waals surface area contributed by atoms with E-state index in [4.69, 9.17) is 0 Å². The Morgan fingerprint density at radius 3 is 0.714 bits per heavy atom. The quantitative estimate of drug-likeness (QED) is 0.0503. The first-order valence-corrected chi connectivity index (χ1v) is 30.0. The van der Waals surface area contributed by atoms with Crippen molar-refractivity contribution in [3.63, 3.8) is 0 Å². The molecule has 0 amide bonds. The summed E-state index contributed by atoms with van der Waals surface area (Å²) >= 11 is 22.6. The van der Waals surface area contributed by atoms with Crippen molar-refractivity contribution in [2.75, 3.05) is 36.0 Å². The van der Waals surface area contributed by atoms with Gasteiger partial charge in [0.2, 0.25) is 0 Å². The second-order valence-corrected chi connectivity index (χ2v) is 22.9. The van der Waals surface area contributed by atoms with Gasteiger partial charge in [-0.15, -0.1) is 0 Å². The molecule has 2 nitrogen and oxygen atoms in total. The highest BCUT2D eigenvalue weighted by atomic mass is 79.9. The lowest BCUT2D eigenvalue weighted by Crippen LogP contribution is -2.25. The Morgan fingerprint density at radius 2 is 0.500 bits per heavy atom. The summed E-state index contributed by atoms with van der Waals surface area (Å²) in [5, 5.41) is 0. The molecule has 0 heterocycles. The number of nitrogens with zero attached hydrogens (tertiary/aromatic N) is 2. The van der Waals surface area contributed by atoms with E-state index in [0.29, 0.717) is 0 Å². The number of hydrogen-bond acceptors (Lipinski definition) is 2. The van der Waals surface area contributed by atoms with Crippen molar-refractivity contribution in [3.05, 3.63) is 156 Å². The first-order chi connectivity index (χ1) is 34.0. The van der Waals surface area contributed by atoms with Crippen LogP contribution in [0.1, 0.15) is 175 Å². The van der Waals surface area contributed by atoms with Gasteiger partial charge in [-0.1, -0.05) is 152 Å². The average molecular weight is 1320 g/mol. The SMILES string of the molecule is CCCCCCN(CCCCCC)c1ccc(C#Cc2cc(Br)c(C#Cc3cc(Br)c(C#Cc4cc(Br)c(C#Cc5ccc(N(CCCCCC)CCCCCC)cc5)cc4Br)cc3Br)cc2Br)cc1. The smallest absolute Gasteiger partial charge is 0.0403 e. The maximum absolute atomic E-state index is 3.76. The Morgan fingerprint density at radius 1 is 0.286 bits per heavy atom. The van der Waals surface area contributed by atoms with Gasteiger partial charge in [-0.3, -0.25) is 0 Å². The minimum Gasteiger partial charge on any atom is -0.372 e. The second-order valence-electron chi connectivity index (χ2n) is 17.7. The van der Waals surface area contributed by atoms with Crippen molar-refractivity contribution in [1.82, 2.24) is 0 Å². The largest absolute Gasteiger partial charge is 0.372 e. The molecule has 0 N–H and O–H groups in total. The maximum Gasteiger partial charge on any atom is 0.0403 e. The molecule has 70 heavy (non-hydrogen) atoms. The van der Waals surface area contributed by atoms with Gasteiger partial charge in [-0.05, 0) is 206 Å². The molecule has 5 aromatic carbocycles. The van der Waals surface area contributed by atoms with Gasteiger partial charge in [-0.25, -0.2) is 0 Å². The van der Waals surface area contributed by atoms with E-state index in [1.807, 2.05) is 36.4 Å². The molecule has 8 heteroatoms. The fraction of sp³-hybridized carbons (Fsp3) is 0.387. The Hall–Kier alpha value is -3.18. The molecule has 0 aromatic heterocycles. The van der Waals surface area contributed by atoms with E-state index in [9.17, 15) is 0 Å². The Bertz CT molecular complexity index is 2500. The van der Waals surface area contributed by atoms with Gasteiger partial charge < -0.3 is 9.80 Å². The summed E-state index contributed by atoms with van der Waals surface area (Å²) < 4.78 is 5.27. The third kappa shape index (κ3) is 19.3. The van der Waals surface area contributed by atoms with E-state index in [1.54, 1.807) is 0 Å². The van der Waals surface area contributed by atoms with Gasteiger partial charge in [-0.2, -0.15) is 0 Å². The molecule has 0 bridgehead atoms. The maximum atomic E-state index is 3.76. The van der Waals surface area contributed by atoms with Crippen molar-refractivity contribution in [2.24, 2.45) is 0 Å². The van der Waals surface area contributed by atoms with Crippen LogP contribution in [-0.4, -0.2) is 26.2 Å². The molecular formula is C62H66Br6N2. The monoisotopic (exact) mass is 1310 g/mol. The van der Waals surface area contributed by atoms with E-state index in [2.05, 4.69) is 229 Å². The van der Waals surface area contributed by atoms with Crippen LogP contribution < -0.4 is 9.80 Å². The van der Waals surface area contributed by atoms with E-state index in [0.717, 1.165) is 97.5 Å². The van der Waals surface area contributed by atoms with E-state index in [1.165, 1.54) is 114 Å². The van der Waals surface area contributed by atoms with Crippen molar-refractivity contribution < 1.29 is 0 Å². The Kier molecular flexibility index (Phi) is 26.5. The van der Waals surface area contributed by atoms with Crippen LogP contribution in [0.3, 0.4) is 0 Å². The van der Waals surface area contributed by atoms with Gasteiger partial charge in [0.15, 0.2) is 0 Å². The van der Waals surface area contributed by atoms with Crippen molar-refractivity contribution >= 4 is 107 Å². The third-order valence-corrected chi connectivity index (χ3v) is 16.0. The highest BCUT2D eigenvalue weighted by Gasteiger charge is 2.11. The molecule has 0 aliphatic heterocycles. The molecule has 0 aliphatic carbocycles. The number of halogens is 6. The summed E-state index contributed by atoms with van der Waals surface area (Å²) in [5.74, 6) is 26.9. The zero-order chi connectivity index (χ0) is 50.1. The normalized spacial score (nSPS) is 10.5. The summed E-state index contributed by atoms with van der Waals surface area (Å²) in [7, 11) is 0. The predicted molar refractivity (Wildman–Crippen MR) is 323 cm³/mol. The molecule has 366 valence electrons. The van der Waals surface area contributed by atoms with Gasteiger partial charge in [0.1, 0.15) is 0 Å². The van der Waals surface area contributed by atoms with Crippen LogP contribution in [0, 0.1) is 47.4 Å². The second kappa shape index (κ2) is 32.1. The molecular weight excluding hydrogens is 1250 g/mol. The number of benzene rings is 5. The van der Waals surface area contributed by atoms with Crippen LogP contribution in [-0.2, 0) is 0 Å². The highest BCUT2D eigenvalue weighted by molar-refractivity contribution is 9.11. The fourth-order valence-corrected chi connectivity index (χ4v) is 10.6. The lowest BCUT2D eigenvalue weighted by molar-refractivity contribution is 0.609. The van der Waals surface area contributed by atoms with Gasteiger partial charge in [0.25, 0.3) is 0 Å². The third-order valence-electron chi connectivity index (χ3n) is 12.1. The molecule has 5 aromatic rings. The van der Waals surface area contributed by atoms with Crippen LogP contribution in [0.5, 0.6) is 0 Å². The zero-order valence-corrected chi connectivity index (χ0v) is 50.9. The molecule has 0 radical (unpaired) electrons. The van der Waals surface area contributed by atoms with E-state index in [-0.39, 0.29) is 0 Å². The summed E-state index contributed by atoms with van der Waals surface area (Å²) in [5.41, 5.74) is 9.76. The van der Waals surface area contributed by atoms with Crippen LogP contribution in [0.2, 0.25) is 0 Å². The van der Waals surface area contributed by atoms with Crippen molar-refractivity contribution in [1.29, 1.82) is 0 Å². The Labute approximate surface area is 472 Å². The lowest BCUT2D eigenvalue weighted by atomic mass is 10.1. The average Bonchev–Trinajstić information content (AvgIpc) is 3.36. The van der Waals surface area contributed by atoms with Gasteiger partial charge in [0.05, 0.1) is 0 Å². The highest BCUT2D eigenvalue weighted by Crippen LogP contribution is 2.30. The molecule has 0 aliphatic rings. The molecule has 0 fully saturated rings. The number of rotatable bonds is 22. The predicted octanol–water partition coefficient (Wildman–Crippen LogP) is 19.8. The van der Waals surface area contributed by atoms with Gasteiger partial charge in [0, 0.05) is 109 Å². The minimum absolute atomic E-state index is 0.844. The van der Waals surface area contributed by atoms with E-state index >= 15 is 0 Å². The molecule has 0 saturated heterocycles. The zero-order valence-electron chi connectivity index (χ0n) is 41.4. The van der Waals surface area contributed by atoms with Crippen LogP contribution in [0.25, 0.3) is 0 Å². The summed E-state index contributed by atoms with van der Waals surface area (Å²) in [4.78, 5) is 5.12. The van der Waals surface area contributed by atoms with Crippen molar-refractivity contribution in [2.45, 2.75) is 130 Å². The van der Waals surface area contributed by atoms with Crippen molar-refractivity contribution in [3.8, 4) is 47.4 Å². The molecule has 0 spiro atoms. The van der Waals surface area contributed by atoms with E-state index < -0.39 is 0 Å². The van der Waals surface area contributed by atoms with Crippen LogP contribution in [0.4, 0.5) is 11.4 Å². The topological polar surface area (TPSA) is 6.48 Å². The molecule has 0 atom stereocenters. The number of unbranched alkanes of at least 4 members (excludes halogenated alkanes) is 12. The summed E-state index contributed by atoms with van der Waals surface area (Å²) in [6, 6.07) is 29.6. The Balaban J connectivity index is 1.23. The summed E-state index contributed by atoms with van der Waals surface area (Å²) in [6.45, 7) is 13.5. The number of hydrogen-bond donors (Lipinski definition) is 0. The van der Waals surface area contributed by atoms with Crippen LogP contribution in [0.15, 0.2) is 112 Å². The number of anilines is 2. The first-order valence-electron chi connectivity index (χ1n) is 25.3. The first kappa shape index (κ1) is 57.7. The standard InChI is InChI=1S/C62H66Br6N2/c1-5-9-13-17-37-69(38-18-14-10-6-2)55-33-23-47(24-34-55)21-27-49-41-59(65)51(43-57(49)63)29-31-53-45-62(68)54(46-61(53)67)32-30-52-44-58(64)50(42-60(52)66)28-22-48-25-35-56(36-26-48)70(39-19-15-11-7-3)40-20-16-12-8-4/h23-26,33-36,41-46H,5-20,37-40H2,1-4H3. The van der Waals surface area contributed by atoms with Gasteiger partial charge >= 0.3 is 0 Å². The van der Waals surface area contributed by atoms with Crippen LogP contribution >= 0.6 is 95.6 Å². The molecule has 0 saturated carbocycles. The molecule has 5 rings (SSSR count). The summed E-state index contributed by atoms with van der Waals surface area (Å²) in [6.07, 6.45) is 20.4. The fourth-order valence-electron chi connectivity index (χ4n) is 7.93. The minimum atomic E-state index is 0.844.